The molecule has 0 atom stereocenters. The number of ether oxygens (including phenoxy) is 1. The lowest BCUT2D eigenvalue weighted by atomic mass is 9.83. The van der Waals surface area contributed by atoms with E-state index in [9.17, 15) is 0 Å². The van der Waals surface area contributed by atoms with E-state index in [0.29, 0.717) is 0 Å². The number of hydrogen-bond acceptors (Lipinski definition) is 4. The highest BCUT2D eigenvalue weighted by atomic mass is 16.5. The van der Waals surface area contributed by atoms with Gasteiger partial charge in [-0.25, -0.2) is 9.97 Å². The first-order valence-corrected chi connectivity index (χ1v) is 6.99. The molecule has 1 aliphatic carbocycles. The van der Waals surface area contributed by atoms with Gasteiger partial charge in [0.2, 0.25) is 5.88 Å². The normalized spacial score (nSPS) is 15.2. The second kappa shape index (κ2) is 6.57. The topological polar surface area (TPSA) is 47.0 Å². The molecule has 1 heterocycles. The molecule has 18 heavy (non-hydrogen) atoms. The van der Waals surface area contributed by atoms with Crippen LogP contribution in [0.4, 0.5) is 5.82 Å². The first-order chi connectivity index (χ1) is 8.85. The monoisotopic (exact) mass is 249 g/mol. The molecule has 0 aliphatic heterocycles. The third-order valence-electron chi connectivity index (χ3n) is 3.63. The van der Waals surface area contributed by atoms with Crippen LogP contribution in [0.15, 0.2) is 6.33 Å². The molecule has 1 N–H and O–H groups in total. The zero-order valence-corrected chi connectivity index (χ0v) is 11.4. The Morgan fingerprint density at radius 3 is 2.83 bits per heavy atom. The molecule has 1 fully saturated rings. The van der Waals surface area contributed by atoms with E-state index in [-0.39, 0.29) is 0 Å². The number of anilines is 1. The Labute approximate surface area is 109 Å². The van der Waals surface area contributed by atoms with Gasteiger partial charge in [0.1, 0.15) is 12.1 Å². The minimum atomic E-state index is 0.760. The van der Waals surface area contributed by atoms with Crippen LogP contribution in [0.2, 0.25) is 0 Å². The van der Waals surface area contributed by atoms with E-state index in [0.717, 1.165) is 49.0 Å². The predicted molar refractivity (Wildman–Crippen MR) is 73.0 cm³/mol. The summed E-state index contributed by atoms with van der Waals surface area (Å²) in [4.78, 5) is 8.52. The van der Waals surface area contributed by atoms with E-state index in [4.69, 9.17) is 4.74 Å². The number of nitrogens with one attached hydrogen (secondary N) is 1. The van der Waals surface area contributed by atoms with Gasteiger partial charge in [-0.05, 0) is 18.8 Å². The van der Waals surface area contributed by atoms with Crippen molar-refractivity contribution in [3.8, 4) is 5.88 Å². The van der Waals surface area contributed by atoms with Crippen LogP contribution in [0.1, 0.15) is 44.6 Å². The van der Waals surface area contributed by atoms with Crippen LogP contribution in [-0.4, -0.2) is 23.6 Å². The van der Waals surface area contributed by atoms with Gasteiger partial charge in [-0.15, -0.1) is 0 Å². The second-order valence-corrected chi connectivity index (χ2v) is 4.94. The van der Waals surface area contributed by atoms with Gasteiger partial charge in [0, 0.05) is 7.05 Å². The SMILES string of the molecule is CCCc1c(NC)ncnc1OCCC1CCC1. The summed E-state index contributed by atoms with van der Waals surface area (Å²) in [5.41, 5.74) is 1.11. The maximum atomic E-state index is 5.85. The Morgan fingerprint density at radius 2 is 2.22 bits per heavy atom. The van der Waals surface area contributed by atoms with E-state index in [2.05, 4.69) is 22.2 Å². The van der Waals surface area contributed by atoms with Gasteiger partial charge in [0.15, 0.2) is 0 Å². The van der Waals surface area contributed by atoms with Crippen molar-refractivity contribution in [2.24, 2.45) is 5.92 Å². The van der Waals surface area contributed by atoms with Crippen molar-refractivity contribution in [2.45, 2.75) is 45.4 Å². The van der Waals surface area contributed by atoms with Crippen LogP contribution in [0.3, 0.4) is 0 Å². The maximum absolute atomic E-state index is 5.85. The van der Waals surface area contributed by atoms with Crippen molar-refractivity contribution in [3.05, 3.63) is 11.9 Å². The lowest BCUT2D eigenvalue weighted by Gasteiger charge is -2.25. The van der Waals surface area contributed by atoms with Gasteiger partial charge in [-0.3, -0.25) is 0 Å². The second-order valence-electron chi connectivity index (χ2n) is 4.94. The fourth-order valence-electron chi connectivity index (χ4n) is 2.32. The molecule has 1 aromatic rings. The minimum absolute atomic E-state index is 0.760. The van der Waals surface area contributed by atoms with Crippen LogP contribution < -0.4 is 10.1 Å². The van der Waals surface area contributed by atoms with Crippen molar-refractivity contribution in [1.82, 2.24) is 9.97 Å². The number of rotatable bonds is 7. The molecule has 2 rings (SSSR count). The largest absolute Gasteiger partial charge is 0.477 e. The third kappa shape index (κ3) is 3.12. The van der Waals surface area contributed by atoms with Crippen molar-refractivity contribution in [3.63, 3.8) is 0 Å². The van der Waals surface area contributed by atoms with Crippen molar-refractivity contribution >= 4 is 5.82 Å². The summed E-state index contributed by atoms with van der Waals surface area (Å²) >= 11 is 0. The highest BCUT2D eigenvalue weighted by molar-refractivity contribution is 5.48. The molecule has 1 aromatic heterocycles. The van der Waals surface area contributed by atoms with E-state index in [1.165, 1.54) is 19.3 Å². The summed E-state index contributed by atoms with van der Waals surface area (Å²) in [7, 11) is 1.89. The summed E-state index contributed by atoms with van der Waals surface area (Å²) in [6.07, 6.45) is 8.89. The summed E-state index contributed by atoms with van der Waals surface area (Å²) in [5, 5.41) is 3.11. The van der Waals surface area contributed by atoms with Gasteiger partial charge in [-0.2, -0.15) is 0 Å². The Balaban J connectivity index is 1.96. The molecule has 1 saturated carbocycles. The van der Waals surface area contributed by atoms with Crippen LogP contribution in [-0.2, 0) is 6.42 Å². The zero-order valence-electron chi connectivity index (χ0n) is 11.4. The van der Waals surface area contributed by atoms with E-state index < -0.39 is 0 Å². The van der Waals surface area contributed by atoms with Crippen LogP contribution in [0, 0.1) is 5.92 Å². The molecule has 0 radical (unpaired) electrons. The highest BCUT2D eigenvalue weighted by Crippen LogP contribution is 2.30. The van der Waals surface area contributed by atoms with Crippen LogP contribution >= 0.6 is 0 Å². The van der Waals surface area contributed by atoms with Crippen LogP contribution in [0.25, 0.3) is 0 Å². The summed E-state index contributed by atoms with van der Waals surface area (Å²) in [6.45, 7) is 2.94. The molecule has 0 aromatic carbocycles. The van der Waals surface area contributed by atoms with E-state index in [1.807, 2.05) is 7.05 Å². The standard InChI is InChI=1S/C14H23N3O/c1-3-5-12-13(15-2)16-10-17-14(12)18-9-8-11-6-4-7-11/h10-11H,3-9H2,1-2H3,(H,15,16,17). The Bertz CT molecular complexity index is 377. The fourth-order valence-corrected chi connectivity index (χ4v) is 2.32. The van der Waals surface area contributed by atoms with Crippen LogP contribution in [0.5, 0.6) is 5.88 Å². The Morgan fingerprint density at radius 1 is 1.39 bits per heavy atom. The maximum Gasteiger partial charge on any atom is 0.221 e. The predicted octanol–water partition coefficient (Wildman–Crippen LogP) is 3.04. The molecule has 0 spiro atoms. The van der Waals surface area contributed by atoms with E-state index in [1.54, 1.807) is 6.33 Å². The van der Waals surface area contributed by atoms with E-state index >= 15 is 0 Å². The Hall–Kier alpha value is -1.32. The van der Waals surface area contributed by atoms with Crippen molar-refractivity contribution in [1.29, 1.82) is 0 Å². The van der Waals surface area contributed by atoms with Gasteiger partial charge < -0.3 is 10.1 Å². The first kappa shape index (κ1) is 13.1. The highest BCUT2D eigenvalue weighted by Gasteiger charge is 2.18. The molecule has 0 amide bonds. The molecule has 4 nitrogen and oxygen atoms in total. The van der Waals surface area contributed by atoms with Gasteiger partial charge in [0.05, 0.1) is 12.2 Å². The summed E-state index contributed by atoms with van der Waals surface area (Å²) < 4.78 is 5.85. The number of hydrogen-bond donors (Lipinski definition) is 1. The average molecular weight is 249 g/mol. The molecule has 0 unspecified atom stereocenters. The quantitative estimate of drug-likeness (QED) is 0.807. The molecule has 0 saturated heterocycles. The average Bonchev–Trinajstić information content (AvgIpc) is 2.34. The summed E-state index contributed by atoms with van der Waals surface area (Å²) in [6, 6.07) is 0. The molecule has 100 valence electrons. The zero-order chi connectivity index (χ0) is 12.8. The fraction of sp³-hybridized carbons (Fsp3) is 0.714. The molecule has 0 bridgehead atoms. The molecular formula is C14H23N3O. The summed E-state index contributed by atoms with van der Waals surface area (Å²) in [5.74, 6) is 2.53. The molecular weight excluding hydrogens is 226 g/mol. The first-order valence-electron chi connectivity index (χ1n) is 6.99. The number of nitrogens with zero attached hydrogens (tertiary/aromatic N) is 2. The minimum Gasteiger partial charge on any atom is -0.477 e. The van der Waals surface area contributed by atoms with Gasteiger partial charge in [-0.1, -0.05) is 32.6 Å². The number of aromatic nitrogens is 2. The smallest absolute Gasteiger partial charge is 0.221 e. The Kier molecular flexibility index (Phi) is 4.79. The third-order valence-corrected chi connectivity index (χ3v) is 3.63. The van der Waals surface area contributed by atoms with Gasteiger partial charge >= 0.3 is 0 Å². The molecule has 1 aliphatic rings. The lowest BCUT2D eigenvalue weighted by molar-refractivity contribution is 0.216. The van der Waals surface area contributed by atoms with Gasteiger partial charge in [0.25, 0.3) is 0 Å². The lowest BCUT2D eigenvalue weighted by Crippen LogP contribution is -2.15. The van der Waals surface area contributed by atoms with Crippen molar-refractivity contribution < 1.29 is 4.74 Å². The molecule has 4 heteroatoms. The van der Waals surface area contributed by atoms with Crippen molar-refractivity contribution in [2.75, 3.05) is 19.0 Å².